The molecule has 55 heavy (non-hydrogen) atoms. The minimum Gasteiger partial charge on any atom is -0.228 e. The van der Waals surface area contributed by atoms with E-state index in [1.54, 1.807) is 0 Å². The third kappa shape index (κ3) is 5.84. The van der Waals surface area contributed by atoms with E-state index in [1.165, 1.54) is 60.8 Å². The fourth-order valence-electron chi connectivity index (χ4n) is 8.35. The van der Waals surface area contributed by atoms with Crippen LogP contribution in [0.25, 0.3) is 89.2 Å². The number of benzene rings is 8. The first-order valence-corrected chi connectivity index (χ1v) is 19.0. The molecule has 10 rings (SSSR count). The molecule has 8 aromatic carbocycles. The molecule has 0 aliphatic heterocycles. The molecule has 0 N–H and O–H groups in total. The van der Waals surface area contributed by atoms with Crippen LogP contribution in [0, 0.1) is 0 Å². The standard InChI is InChI=1S/C53H38N2/c1-53(2)48-22-10-9-20-45(48)46-30-29-43(33-49(46)53)41-19-11-18-40(31-41)42-28-25-35-17-12-21-44(47(35)32-42)36-23-26-39(27-24-36)52-54-50(37-13-5-3-6-14-37)34-51(55-52)38-15-7-4-8-16-38/h3-34H,1-2H3. The molecule has 2 heteroatoms. The third-order valence-corrected chi connectivity index (χ3v) is 11.3. The van der Waals surface area contributed by atoms with Crippen molar-refractivity contribution < 1.29 is 0 Å². The van der Waals surface area contributed by atoms with Gasteiger partial charge < -0.3 is 0 Å². The van der Waals surface area contributed by atoms with Gasteiger partial charge >= 0.3 is 0 Å². The molecule has 0 saturated heterocycles. The minimum absolute atomic E-state index is 0.0309. The molecule has 1 aliphatic carbocycles. The zero-order valence-corrected chi connectivity index (χ0v) is 30.9. The van der Waals surface area contributed by atoms with Gasteiger partial charge in [0.15, 0.2) is 5.82 Å². The van der Waals surface area contributed by atoms with E-state index in [1.807, 2.05) is 36.4 Å². The van der Waals surface area contributed by atoms with Gasteiger partial charge in [0.05, 0.1) is 11.4 Å². The van der Waals surface area contributed by atoms with Gasteiger partial charge in [0.25, 0.3) is 0 Å². The van der Waals surface area contributed by atoms with Gasteiger partial charge in [-0.25, -0.2) is 9.97 Å². The average Bonchev–Trinajstić information content (AvgIpc) is 3.49. The molecule has 260 valence electrons. The molecule has 0 spiro atoms. The Morgan fingerprint density at radius 1 is 0.327 bits per heavy atom. The predicted molar refractivity (Wildman–Crippen MR) is 230 cm³/mol. The van der Waals surface area contributed by atoms with Gasteiger partial charge in [-0.2, -0.15) is 0 Å². The summed E-state index contributed by atoms with van der Waals surface area (Å²) < 4.78 is 0. The van der Waals surface area contributed by atoms with Crippen molar-refractivity contribution in [3.63, 3.8) is 0 Å². The molecule has 0 unspecified atom stereocenters. The second-order valence-electron chi connectivity index (χ2n) is 15.0. The van der Waals surface area contributed by atoms with Crippen molar-refractivity contribution in [2.45, 2.75) is 19.3 Å². The van der Waals surface area contributed by atoms with E-state index >= 15 is 0 Å². The highest BCUT2D eigenvalue weighted by Crippen LogP contribution is 2.49. The topological polar surface area (TPSA) is 25.8 Å². The summed E-state index contributed by atoms with van der Waals surface area (Å²) in [5.41, 5.74) is 17.6. The fraction of sp³-hybridized carbons (Fsp3) is 0.0566. The Hall–Kier alpha value is -6.90. The molecule has 1 aromatic heterocycles. The van der Waals surface area contributed by atoms with Crippen LogP contribution in [0.3, 0.4) is 0 Å². The molecule has 0 bridgehead atoms. The number of rotatable bonds is 6. The smallest absolute Gasteiger partial charge is 0.160 e. The van der Waals surface area contributed by atoms with E-state index in [9.17, 15) is 0 Å². The second-order valence-corrected chi connectivity index (χ2v) is 15.0. The van der Waals surface area contributed by atoms with Crippen molar-refractivity contribution in [3.8, 4) is 78.4 Å². The minimum atomic E-state index is -0.0309. The van der Waals surface area contributed by atoms with Crippen LogP contribution in [0.4, 0.5) is 0 Å². The monoisotopic (exact) mass is 702 g/mol. The summed E-state index contributed by atoms with van der Waals surface area (Å²) >= 11 is 0. The Morgan fingerprint density at radius 2 is 0.836 bits per heavy atom. The van der Waals surface area contributed by atoms with Crippen molar-refractivity contribution in [1.82, 2.24) is 9.97 Å². The lowest BCUT2D eigenvalue weighted by atomic mass is 9.81. The summed E-state index contributed by atoms with van der Waals surface area (Å²) in [5, 5.41) is 2.44. The van der Waals surface area contributed by atoms with Crippen molar-refractivity contribution in [2.24, 2.45) is 0 Å². The molecule has 0 saturated carbocycles. The van der Waals surface area contributed by atoms with Crippen LogP contribution < -0.4 is 0 Å². The summed E-state index contributed by atoms with van der Waals surface area (Å²) in [6.07, 6.45) is 0. The van der Waals surface area contributed by atoms with Crippen LogP contribution in [0.2, 0.25) is 0 Å². The van der Waals surface area contributed by atoms with Crippen LogP contribution in [0.15, 0.2) is 194 Å². The summed E-state index contributed by atoms with van der Waals surface area (Å²) in [7, 11) is 0. The highest BCUT2D eigenvalue weighted by Gasteiger charge is 2.35. The average molecular weight is 703 g/mol. The maximum Gasteiger partial charge on any atom is 0.160 e. The van der Waals surface area contributed by atoms with E-state index in [0.29, 0.717) is 5.82 Å². The molecule has 0 radical (unpaired) electrons. The third-order valence-electron chi connectivity index (χ3n) is 11.3. The van der Waals surface area contributed by atoms with Gasteiger partial charge in [-0.3, -0.25) is 0 Å². The van der Waals surface area contributed by atoms with E-state index < -0.39 is 0 Å². The van der Waals surface area contributed by atoms with Gasteiger partial charge in [0, 0.05) is 22.1 Å². The van der Waals surface area contributed by atoms with Crippen molar-refractivity contribution >= 4 is 10.8 Å². The molecule has 1 aliphatic rings. The van der Waals surface area contributed by atoms with Crippen molar-refractivity contribution in [3.05, 3.63) is 205 Å². The van der Waals surface area contributed by atoms with Crippen molar-refractivity contribution in [2.75, 3.05) is 0 Å². The molecular weight excluding hydrogens is 665 g/mol. The first kappa shape index (κ1) is 32.7. The maximum absolute atomic E-state index is 5.05. The van der Waals surface area contributed by atoms with Crippen LogP contribution in [0.5, 0.6) is 0 Å². The Morgan fingerprint density at radius 3 is 1.55 bits per heavy atom. The van der Waals surface area contributed by atoms with Crippen LogP contribution in [-0.4, -0.2) is 9.97 Å². The summed E-state index contributed by atoms with van der Waals surface area (Å²) in [6.45, 7) is 4.69. The molecular formula is C53H38N2. The lowest BCUT2D eigenvalue weighted by Gasteiger charge is -2.22. The first-order valence-electron chi connectivity index (χ1n) is 19.0. The van der Waals surface area contributed by atoms with E-state index in [4.69, 9.17) is 9.97 Å². The SMILES string of the molecule is CC1(C)c2ccccc2-c2ccc(-c3cccc(-c4ccc5cccc(-c6ccc(-c7nc(-c8ccccc8)cc(-c8ccccc8)n7)cc6)c5c4)c3)cc21. The van der Waals surface area contributed by atoms with Gasteiger partial charge in [0.1, 0.15) is 0 Å². The maximum atomic E-state index is 5.05. The van der Waals surface area contributed by atoms with Crippen LogP contribution in [0.1, 0.15) is 25.0 Å². The van der Waals surface area contributed by atoms with Gasteiger partial charge in [-0.05, 0) is 90.7 Å². The van der Waals surface area contributed by atoms with E-state index in [-0.39, 0.29) is 5.41 Å². The number of hydrogen-bond acceptors (Lipinski definition) is 2. The van der Waals surface area contributed by atoms with Gasteiger partial charge in [0.2, 0.25) is 0 Å². The van der Waals surface area contributed by atoms with Crippen LogP contribution in [-0.2, 0) is 5.41 Å². The Kier molecular flexibility index (Phi) is 7.85. The number of hydrogen-bond donors (Lipinski definition) is 0. The zero-order valence-electron chi connectivity index (χ0n) is 30.9. The van der Waals surface area contributed by atoms with E-state index in [2.05, 4.69) is 172 Å². The highest BCUT2D eigenvalue weighted by atomic mass is 14.9. The summed E-state index contributed by atoms with van der Waals surface area (Å²) in [6, 6.07) is 69.7. The fourth-order valence-corrected chi connectivity index (χ4v) is 8.35. The quantitative estimate of drug-likeness (QED) is 0.172. The highest BCUT2D eigenvalue weighted by molar-refractivity contribution is 5.99. The first-order chi connectivity index (χ1) is 27.0. The Balaban J connectivity index is 0.994. The summed E-state index contributed by atoms with van der Waals surface area (Å²) in [5.74, 6) is 0.711. The Labute approximate surface area is 322 Å². The predicted octanol–water partition coefficient (Wildman–Crippen LogP) is 13.9. The number of aromatic nitrogens is 2. The molecule has 9 aromatic rings. The molecule has 0 atom stereocenters. The largest absolute Gasteiger partial charge is 0.228 e. The number of nitrogens with zero attached hydrogens (tertiary/aromatic N) is 2. The van der Waals surface area contributed by atoms with Gasteiger partial charge in [-0.15, -0.1) is 0 Å². The molecule has 0 fully saturated rings. The Bertz CT molecular complexity index is 2810. The lowest BCUT2D eigenvalue weighted by molar-refractivity contribution is 0.660. The molecule has 2 nitrogen and oxygen atoms in total. The van der Waals surface area contributed by atoms with E-state index in [0.717, 1.165) is 33.6 Å². The van der Waals surface area contributed by atoms with Gasteiger partial charge in [-0.1, -0.05) is 184 Å². The number of fused-ring (bicyclic) bond motifs is 4. The molecule has 1 heterocycles. The summed E-state index contributed by atoms with van der Waals surface area (Å²) in [4.78, 5) is 10.1. The normalized spacial score (nSPS) is 12.7. The van der Waals surface area contributed by atoms with Crippen LogP contribution >= 0.6 is 0 Å². The lowest BCUT2D eigenvalue weighted by Crippen LogP contribution is -2.14. The second kappa shape index (κ2) is 13.2. The molecule has 0 amide bonds. The zero-order chi connectivity index (χ0) is 36.9. The van der Waals surface area contributed by atoms with Crippen molar-refractivity contribution in [1.29, 1.82) is 0 Å².